The Balaban J connectivity index is 1.81. The first-order chi connectivity index (χ1) is 13.1. The van der Waals surface area contributed by atoms with Crippen molar-refractivity contribution in [1.29, 1.82) is 0 Å². The molecule has 27 heavy (non-hydrogen) atoms. The topological polar surface area (TPSA) is 21.3 Å². The van der Waals surface area contributed by atoms with Crippen LogP contribution in [0.25, 0.3) is 0 Å². The summed E-state index contributed by atoms with van der Waals surface area (Å²) >= 11 is 12.5. The first-order valence-corrected chi connectivity index (χ1v) is 9.50. The molecule has 3 rings (SSSR count). The predicted octanol–water partition coefficient (Wildman–Crippen LogP) is 6.89. The molecule has 2 nitrogen and oxygen atoms in total. The largest absolute Gasteiger partial charge is 0.487 e. The summed E-state index contributed by atoms with van der Waals surface area (Å²) in [4.78, 5) is 0. The van der Waals surface area contributed by atoms with Crippen LogP contribution >= 0.6 is 23.2 Å². The molecule has 0 unspecified atom stereocenters. The van der Waals surface area contributed by atoms with E-state index in [1.165, 1.54) is 11.6 Å². The summed E-state index contributed by atoms with van der Waals surface area (Å²) in [6.45, 7) is 2.69. The van der Waals surface area contributed by atoms with Crippen LogP contribution in [0.15, 0.2) is 60.7 Å². The average molecular weight is 404 g/mol. The molecule has 0 aromatic heterocycles. The van der Waals surface area contributed by atoms with E-state index in [9.17, 15) is 4.39 Å². The van der Waals surface area contributed by atoms with Gasteiger partial charge in [-0.05, 0) is 36.2 Å². The van der Waals surface area contributed by atoms with Crippen LogP contribution in [0.4, 0.5) is 10.1 Å². The maximum Gasteiger partial charge on any atom is 0.143 e. The Morgan fingerprint density at radius 1 is 0.926 bits per heavy atom. The van der Waals surface area contributed by atoms with Crippen LogP contribution in [0.2, 0.25) is 10.0 Å². The number of nitrogens with one attached hydrogen (secondary N) is 1. The van der Waals surface area contributed by atoms with Gasteiger partial charge in [0.25, 0.3) is 0 Å². The normalized spacial score (nSPS) is 10.7. The molecule has 3 aromatic carbocycles. The highest BCUT2D eigenvalue weighted by Crippen LogP contribution is 2.34. The highest BCUT2D eigenvalue weighted by molar-refractivity contribution is 6.35. The van der Waals surface area contributed by atoms with Gasteiger partial charge in [-0.25, -0.2) is 4.39 Å². The maximum atomic E-state index is 13.9. The lowest BCUT2D eigenvalue weighted by Crippen LogP contribution is -2.06. The van der Waals surface area contributed by atoms with Crippen LogP contribution in [0.3, 0.4) is 0 Å². The van der Waals surface area contributed by atoms with Gasteiger partial charge in [0.1, 0.15) is 18.2 Å². The summed E-state index contributed by atoms with van der Waals surface area (Å²) in [5, 5.41) is 4.34. The minimum absolute atomic E-state index is 0.0899. The monoisotopic (exact) mass is 403 g/mol. The molecule has 0 radical (unpaired) electrons. The van der Waals surface area contributed by atoms with Crippen molar-refractivity contribution in [3.8, 4) is 5.75 Å². The van der Waals surface area contributed by atoms with E-state index >= 15 is 0 Å². The van der Waals surface area contributed by atoms with Crippen LogP contribution in [-0.2, 0) is 19.6 Å². The maximum absolute atomic E-state index is 13.9. The molecule has 0 amide bonds. The summed E-state index contributed by atoms with van der Waals surface area (Å²) < 4.78 is 19.7. The summed E-state index contributed by atoms with van der Waals surface area (Å²) in [6, 6.07) is 18.1. The Morgan fingerprint density at radius 2 is 1.63 bits per heavy atom. The highest BCUT2D eigenvalue weighted by Gasteiger charge is 2.13. The van der Waals surface area contributed by atoms with Gasteiger partial charge in [-0.2, -0.15) is 0 Å². The van der Waals surface area contributed by atoms with Gasteiger partial charge in [-0.15, -0.1) is 0 Å². The smallest absolute Gasteiger partial charge is 0.143 e. The first kappa shape index (κ1) is 19.5. The summed E-state index contributed by atoms with van der Waals surface area (Å²) in [6.07, 6.45) is 0.927. The third-order valence-corrected chi connectivity index (χ3v) is 4.78. The Bertz CT molecular complexity index is 930. The van der Waals surface area contributed by atoms with Crippen molar-refractivity contribution in [2.24, 2.45) is 0 Å². The van der Waals surface area contributed by atoms with E-state index in [-0.39, 0.29) is 12.4 Å². The zero-order valence-corrected chi connectivity index (χ0v) is 16.4. The third-order valence-electron chi connectivity index (χ3n) is 4.28. The van der Waals surface area contributed by atoms with Gasteiger partial charge in [0.15, 0.2) is 0 Å². The lowest BCUT2D eigenvalue weighted by Gasteiger charge is -2.16. The quantitative estimate of drug-likeness (QED) is 0.463. The molecule has 0 fully saturated rings. The fourth-order valence-electron chi connectivity index (χ4n) is 2.86. The van der Waals surface area contributed by atoms with Crippen molar-refractivity contribution in [3.05, 3.63) is 93.2 Å². The fourth-order valence-corrected chi connectivity index (χ4v) is 3.45. The van der Waals surface area contributed by atoms with E-state index in [1.54, 1.807) is 24.3 Å². The van der Waals surface area contributed by atoms with Crippen molar-refractivity contribution in [3.63, 3.8) is 0 Å². The molecule has 0 aliphatic rings. The second kappa shape index (κ2) is 9.12. The van der Waals surface area contributed by atoms with E-state index in [4.69, 9.17) is 27.9 Å². The van der Waals surface area contributed by atoms with Crippen molar-refractivity contribution >= 4 is 28.9 Å². The van der Waals surface area contributed by atoms with Crippen LogP contribution in [0.5, 0.6) is 5.75 Å². The van der Waals surface area contributed by atoms with Gasteiger partial charge in [0.2, 0.25) is 0 Å². The number of aryl methyl sites for hydroxylation is 1. The van der Waals surface area contributed by atoms with Gasteiger partial charge in [-0.3, -0.25) is 0 Å². The predicted molar refractivity (Wildman–Crippen MR) is 110 cm³/mol. The van der Waals surface area contributed by atoms with Crippen molar-refractivity contribution in [2.75, 3.05) is 5.32 Å². The van der Waals surface area contributed by atoms with Gasteiger partial charge < -0.3 is 10.1 Å². The third kappa shape index (κ3) is 4.94. The molecule has 0 heterocycles. The van der Waals surface area contributed by atoms with Crippen LogP contribution < -0.4 is 10.1 Å². The number of para-hydroxylation sites is 1. The van der Waals surface area contributed by atoms with Crippen LogP contribution in [0.1, 0.15) is 23.6 Å². The molecule has 140 valence electrons. The Hall–Kier alpha value is -2.23. The first-order valence-electron chi connectivity index (χ1n) is 8.74. The molecule has 0 spiro atoms. The minimum Gasteiger partial charge on any atom is -0.487 e. The second-order valence-electron chi connectivity index (χ2n) is 6.12. The fraction of sp³-hybridized carbons (Fsp3) is 0.182. The molecule has 0 aliphatic heterocycles. The molecule has 3 aromatic rings. The molecule has 0 atom stereocenters. The molecular weight excluding hydrogens is 384 g/mol. The van der Waals surface area contributed by atoms with E-state index in [1.807, 2.05) is 24.3 Å². The number of hydrogen-bond acceptors (Lipinski definition) is 2. The highest BCUT2D eigenvalue weighted by atomic mass is 35.5. The number of rotatable bonds is 7. The minimum atomic E-state index is -0.306. The molecule has 0 aliphatic carbocycles. The molecule has 5 heteroatoms. The van der Waals surface area contributed by atoms with Crippen molar-refractivity contribution in [1.82, 2.24) is 0 Å². The van der Waals surface area contributed by atoms with Crippen molar-refractivity contribution < 1.29 is 9.13 Å². The Kier molecular flexibility index (Phi) is 6.59. The number of halogens is 3. The van der Waals surface area contributed by atoms with E-state index < -0.39 is 0 Å². The SMILES string of the molecule is CCc1ccccc1NCc1cc(Cl)cc(Cl)c1OCc1ccccc1F. The Labute approximate surface area is 168 Å². The van der Waals surface area contributed by atoms with Crippen LogP contribution in [-0.4, -0.2) is 0 Å². The molecule has 0 saturated heterocycles. The molecule has 1 N–H and O–H groups in total. The van der Waals surface area contributed by atoms with Gasteiger partial charge in [0, 0.05) is 28.4 Å². The van der Waals surface area contributed by atoms with Gasteiger partial charge >= 0.3 is 0 Å². The number of ether oxygens (including phenoxy) is 1. The lowest BCUT2D eigenvalue weighted by atomic mass is 10.1. The number of anilines is 1. The second-order valence-corrected chi connectivity index (χ2v) is 6.96. The summed E-state index contributed by atoms with van der Waals surface area (Å²) in [7, 11) is 0. The Morgan fingerprint density at radius 3 is 2.37 bits per heavy atom. The zero-order chi connectivity index (χ0) is 19.2. The van der Waals surface area contributed by atoms with E-state index in [2.05, 4.69) is 18.3 Å². The zero-order valence-electron chi connectivity index (χ0n) is 14.9. The van der Waals surface area contributed by atoms with E-state index in [0.29, 0.717) is 27.9 Å². The molecule has 0 saturated carbocycles. The standard InChI is InChI=1S/C22H20Cl2FNO/c1-2-15-7-4-6-10-21(15)26-13-17-11-18(23)12-19(24)22(17)27-14-16-8-3-5-9-20(16)25/h3-12,26H,2,13-14H2,1H3. The summed E-state index contributed by atoms with van der Waals surface area (Å²) in [5.74, 6) is 0.199. The summed E-state index contributed by atoms with van der Waals surface area (Å²) in [5.41, 5.74) is 3.56. The van der Waals surface area contributed by atoms with E-state index in [0.717, 1.165) is 17.7 Å². The van der Waals surface area contributed by atoms with Gasteiger partial charge in [-0.1, -0.05) is 66.5 Å². The number of benzene rings is 3. The average Bonchev–Trinajstić information content (AvgIpc) is 2.67. The van der Waals surface area contributed by atoms with Gasteiger partial charge in [0.05, 0.1) is 5.02 Å². The van der Waals surface area contributed by atoms with Crippen LogP contribution in [0, 0.1) is 5.82 Å². The molecule has 0 bridgehead atoms. The lowest BCUT2D eigenvalue weighted by molar-refractivity contribution is 0.297. The van der Waals surface area contributed by atoms with Crippen molar-refractivity contribution in [2.45, 2.75) is 26.5 Å². The number of hydrogen-bond donors (Lipinski definition) is 1. The molecular formula is C22H20Cl2FNO.